The minimum atomic E-state index is -0.356. The van der Waals surface area contributed by atoms with Crippen molar-refractivity contribution in [2.45, 2.75) is 31.4 Å². The van der Waals surface area contributed by atoms with Crippen LogP contribution in [0.25, 0.3) is 10.8 Å². The molecule has 0 radical (unpaired) electrons. The molecule has 0 aromatic heterocycles. The van der Waals surface area contributed by atoms with Gasteiger partial charge >= 0.3 is 0 Å². The Bertz CT molecular complexity index is 531. The van der Waals surface area contributed by atoms with E-state index in [9.17, 15) is 5.11 Å². The fourth-order valence-corrected chi connectivity index (χ4v) is 2.78. The zero-order chi connectivity index (χ0) is 12.4. The Hall–Kier alpha value is -1.38. The average molecular weight is 241 g/mol. The molecule has 1 heterocycles. The van der Waals surface area contributed by atoms with E-state index in [4.69, 9.17) is 0 Å². The third kappa shape index (κ3) is 2.40. The highest BCUT2D eigenvalue weighted by atomic mass is 16.3. The SMILES string of the molecule is OC(CC1CCCN1)c1ccc2ccccc2c1. The molecule has 0 saturated carbocycles. The van der Waals surface area contributed by atoms with Gasteiger partial charge in [-0.25, -0.2) is 0 Å². The van der Waals surface area contributed by atoms with Crippen molar-refractivity contribution >= 4 is 10.8 Å². The van der Waals surface area contributed by atoms with Gasteiger partial charge in [-0.2, -0.15) is 0 Å². The van der Waals surface area contributed by atoms with Crippen LogP contribution < -0.4 is 5.32 Å². The van der Waals surface area contributed by atoms with Crippen LogP contribution in [-0.4, -0.2) is 17.7 Å². The molecule has 2 unspecified atom stereocenters. The minimum Gasteiger partial charge on any atom is -0.388 e. The zero-order valence-corrected chi connectivity index (χ0v) is 10.5. The van der Waals surface area contributed by atoms with Gasteiger partial charge in [0.1, 0.15) is 0 Å². The first kappa shape index (κ1) is 11.7. The van der Waals surface area contributed by atoms with Crippen molar-refractivity contribution in [1.82, 2.24) is 5.32 Å². The number of aliphatic hydroxyl groups is 1. The lowest BCUT2D eigenvalue weighted by Gasteiger charge is -2.16. The molecule has 1 aliphatic rings. The lowest BCUT2D eigenvalue weighted by molar-refractivity contribution is 0.155. The van der Waals surface area contributed by atoms with Crippen LogP contribution in [-0.2, 0) is 0 Å². The summed E-state index contributed by atoms with van der Waals surface area (Å²) < 4.78 is 0. The van der Waals surface area contributed by atoms with E-state index in [2.05, 4.69) is 29.6 Å². The second-order valence-electron chi connectivity index (χ2n) is 5.15. The highest BCUT2D eigenvalue weighted by Crippen LogP contribution is 2.25. The number of aliphatic hydroxyl groups excluding tert-OH is 1. The maximum Gasteiger partial charge on any atom is 0.0805 e. The summed E-state index contributed by atoms with van der Waals surface area (Å²) in [6.45, 7) is 1.09. The molecule has 1 fully saturated rings. The first-order chi connectivity index (χ1) is 8.83. The molecule has 2 atom stereocenters. The Morgan fingerprint density at radius 3 is 2.78 bits per heavy atom. The Balaban J connectivity index is 1.80. The topological polar surface area (TPSA) is 32.3 Å². The second-order valence-corrected chi connectivity index (χ2v) is 5.15. The van der Waals surface area contributed by atoms with Gasteiger partial charge in [0.05, 0.1) is 6.10 Å². The Morgan fingerprint density at radius 2 is 2.00 bits per heavy atom. The summed E-state index contributed by atoms with van der Waals surface area (Å²) in [6.07, 6.45) is 2.88. The highest BCUT2D eigenvalue weighted by molar-refractivity contribution is 5.83. The molecule has 2 heteroatoms. The molecule has 2 aromatic rings. The molecule has 1 saturated heterocycles. The predicted octanol–water partition coefficient (Wildman–Crippen LogP) is 3.02. The van der Waals surface area contributed by atoms with E-state index < -0.39 is 0 Å². The van der Waals surface area contributed by atoms with Crippen LogP contribution in [0, 0.1) is 0 Å². The van der Waals surface area contributed by atoms with E-state index in [1.54, 1.807) is 0 Å². The number of benzene rings is 2. The van der Waals surface area contributed by atoms with Gasteiger partial charge in [-0.15, -0.1) is 0 Å². The van der Waals surface area contributed by atoms with E-state index in [1.165, 1.54) is 23.6 Å². The molecule has 2 nitrogen and oxygen atoms in total. The lowest BCUT2D eigenvalue weighted by Crippen LogP contribution is -2.23. The molecule has 0 aliphatic carbocycles. The van der Waals surface area contributed by atoms with Crippen molar-refractivity contribution in [2.75, 3.05) is 6.54 Å². The fraction of sp³-hybridized carbons (Fsp3) is 0.375. The van der Waals surface area contributed by atoms with Crippen LogP contribution in [0.2, 0.25) is 0 Å². The summed E-state index contributed by atoms with van der Waals surface area (Å²) in [5.74, 6) is 0. The summed E-state index contributed by atoms with van der Waals surface area (Å²) >= 11 is 0. The molecule has 0 bridgehead atoms. The number of hydrogen-bond donors (Lipinski definition) is 2. The molecule has 0 amide bonds. The van der Waals surface area contributed by atoms with Gasteiger partial charge < -0.3 is 10.4 Å². The summed E-state index contributed by atoms with van der Waals surface area (Å²) in [5.41, 5.74) is 1.03. The van der Waals surface area contributed by atoms with E-state index in [0.29, 0.717) is 6.04 Å². The smallest absolute Gasteiger partial charge is 0.0805 e. The third-order valence-corrected chi connectivity index (χ3v) is 3.83. The monoisotopic (exact) mass is 241 g/mol. The fourth-order valence-electron chi connectivity index (χ4n) is 2.78. The van der Waals surface area contributed by atoms with Crippen LogP contribution in [0.15, 0.2) is 42.5 Å². The maximum atomic E-state index is 10.3. The molecule has 2 aromatic carbocycles. The third-order valence-electron chi connectivity index (χ3n) is 3.83. The normalized spacial score (nSPS) is 21.3. The van der Waals surface area contributed by atoms with Gasteiger partial charge in [-0.1, -0.05) is 36.4 Å². The van der Waals surface area contributed by atoms with Gasteiger partial charge in [0, 0.05) is 6.04 Å². The largest absolute Gasteiger partial charge is 0.388 e. The van der Waals surface area contributed by atoms with Crippen LogP contribution in [0.3, 0.4) is 0 Å². The van der Waals surface area contributed by atoms with Crippen molar-refractivity contribution in [3.63, 3.8) is 0 Å². The van der Waals surface area contributed by atoms with Gasteiger partial charge in [-0.05, 0) is 48.2 Å². The van der Waals surface area contributed by atoms with E-state index in [0.717, 1.165) is 18.5 Å². The van der Waals surface area contributed by atoms with E-state index in [1.807, 2.05) is 18.2 Å². The first-order valence-corrected chi connectivity index (χ1v) is 6.73. The molecule has 2 N–H and O–H groups in total. The van der Waals surface area contributed by atoms with Crippen molar-refractivity contribution in [3.05, 3.63) is 48.0 Å². The average Bonchev–Trinajstić information content (AvgIpc) is 2.91. The molecule has 0 spiro atoms. The molecule has 18 heavy (non-hydrogen) atoms. The van der Waals surface area contributed by atoms with E-state index in [-0.39, 0.29) is 6.10 Å². The van der Waals surface area contributed by atoms with Crippen molar-refractivity contribution < 1.29 is 5.11 Å². The van der Waals surface area contributed by atoms with Crippen LogP contribution in [0.1, 0.15) is 30.9 Å². The van der Waals surface area contributed by atoms with Crippen LogP contribution >= 0.6 is 0 Å². The summed E-state index contributed by atoms with van der Waals surface area (Å²) in [4.78, 5) is 0. The standard InChI is InChI=1S/C16H19NO/c18-16(11-15-6-3-9-17-15)14-8-7-12-4-1-2-5-13(12)10-14/h1-2,4-5,7-8,10,15-18H,3,6,9,11H2. The number of nitrogens with one attached hydrogen (secondary N) is 1. The first-order valence-electron chi connectivity index (χ1n) is 6.73. The summed E-state index contributed by atoms with van der Waals surface area (Å²) in [6, 6.07) is 15.0. The Kier molecular flexibility index (Phi) is 3.31. The quantitative estimate of drug-likeness (QED) is 0.865. The molecular formula is C16H19NO. The Morgan fingerprint density at radius 1 is 1.17 bits per heavy atom. The van der Waals surface area contributed by atoms with Crippen molar-refractivity contribution in [1.29, 1.82) is 0 Å². The molecule has 94 valence electrons. The lowest BCUT2D eigenvalue weighted by atomic mass is 9.98. The van der Waals surface area contributed by atoms with Gasteiger partial charge in [0.2, 0.25) is 0 Å². The summed E-state index contributed by atoms with van der Waals surface area (Å²) in [7, 11) is 0. The molecular weight excluding hydrogens is 222 g/mol. The predicted molar refractivity (Wildman–Crippen MR) is 74.5 cm³/mol. The molecule has 3 rings (SSSR count). The summed E-state index contributed by atoms with van der Waals surface area (Å²) in [5, 5.41) is 16.2. The van der Waals surface area contributed by atoms with Gasteiger partial charge in [-0.3, -0.25) is 0 Å². The zero-order valence-electron chi connectivity index (χ0n) is 10.5. The van der Waals surface area contributed by atoms with Gasteiger partial charge in [0.15, 0.2) is 0 Å². The Labute approximate surface area is 108 Å². The number of hydrogen-bond acceptors (Lipinski definition) is 2. The maximum absolute atomic E-state index is 10.3. The van der Waals surface area contributed by atoms with Gasteiger partial charge in [0.25, 0.3) is 0 Å². The highest BCUT2D eigenvalue weighted by Gasteiger charge is 2.19. The number of rotatable bonds is 3. The van der Waals surface area contributed by atoms with Crippen molar-refractivity contribution in [3.8, 4) is 0 Å². The van der Waals surface area contributed by atoms with Crippen LogP contribution in [0.4, 0.5) is 0 Å². The second kappa shape index (κ2) is 5.09. The van der Waals surface area contributed by atoms with E-state index >= 15 is 0 Å². The minimum absolute atomic E-state index is 0.356. The number of fused-ring (bicyclic) bond motifs is 1. The van der Waals surface area contributed by atoms with Crippen LogP contribution in [0.5, 0.6) is 0 Å². The van der Waals surface area contributed by atoms with Crippen molar-refractivity contribution in [2.24, 2.45) is 0 Å². The molecule has 1 aliphatic heterocycles.